The fraction of sp³-hybridized carbons (Fsp3) is 0.304. The molecule has 1 atom stereocenters. The van der Waals surface area contributed by atoms with E-state index in [1.807, 2.05) is 61.6 Å². The molecule has 0 spiro atoms. The summed E-state index contributed by atoms with van der Waals surface area (Å²) in [5.74, 6) is 0.0202. The van der Waals surface area contributed by atoms with Crippen molar-refractivity contribution in [2.24, 2.45) is 0 Å². The number of nitrogens with zero attached hydrogens (tertiary/aromatic N) is 2. The number of hydrogen-bond acceptors (Lipinski definition) is 3. The van der Waals surface area contributed by atoms with Gasteiger partial charge in [-0.15, -0.1) is 0 Å². The van der Waals surface area contributed by atoms with E-state index in [0.29, 0.717) is 12.1 Å². The number of ether oxygens (including phenoxy) is 1. The Hall–Kier alpha value is -2.72. The van der Waals surface area contributed by atoms with Crippen molar-refractivity contribution in [2.75, 3.05) is 20.2 Å². The zero-order valence-electron chi connectivity index (χ0n) is 15.6. The number of amides is 1. The molecule has 1 saturated heterocycles. The number of para-hydroxylation sites is 1. The number of carbonyl (C=O) groups excluding carboxylic acids is 1. The molecule has 4 rings (SSSR count). The van der Waals surface area contributed by atoms with Gasteiger partial charge < -0.3 is 9.64 Å². The molecule has 2 heterocycles. The van der Waals surface area contributed by atoms with Gasteiger partial charge in [0.05, 0.1) is 17.3 Å². The average Bonchev–Trinajstić information content (AvgIpc) is 2.73. The number of hydrogen-bond donors (Lipinski definition) is 0. The van der Waals surface area contributed by atoms with Crippen molar-refractivity contribution in [2.45, 2.75) is 25.4 Å². The van der Waals surface area contributed by atoms with E-state index in [2.05, 4.69) is 6.07 Å². The van der Waals surface area contributed by atoms with Crippen molar-refractivity contribution < 1.29 is 9.53 Å². The fourth-order valence-corrected chi connectivity index (χ4v) is 3.60. The van der Waals surface area contributed by atoms with Crippen LogP contribution >= 0.6 is 0 Å². The maximum absolute atomic E-state index is 12.9. The van der Waals surface area contributed by atoms with Crippen LogP contribution in [-0.2, 0) is 4.74 Å². The van der Waals surface area contributed by atoms with E-state index >= 15 is 0 Å². The van der Waals surface area contributed by atoms with E-state index < -0.39 is 0 Å². The van der Waals surface area contributed by atoms with Gasteiger partial charge in [-0.3, -0.25) is 4.79 Å². The number of likely N-dealkylation sites (N-methyl/N-ethyl adjacent to an activating group) is 1. The molecule has 0 radical (unpaired) electrons. The molecule has 0 saturated carbocycles. The molecule has 0 unspecified atom stereocenters. The van der Waals surface area contributed by atoms with Crippen LogP contribution in [0.15, 0.2) is 60.7 Å². The van der Waals surface area contributed by atoms with Crippen molar-refractivity contribution >= 4 is 16.8 Å². The highest BCUT2D eigenvalue weighted by Crippen LogP contribution is 2.23. The van der Waals surface area contributed by atoms with Gasteiger partial charge in [0.15, 0.2) is 0 Å². The number of carbonyl (C=O) groups is 1. The molecule has 27 heavy (non-hydrogen) atoms. The van der Waals surface area contributed by atoms with Crippen LogP contribution in [0.4, 0.5) is 0 Å². The van der Waals surface area contributed by atoms with E-state index in [9.17, 15) is 4.79 Å². The zero-order chi connectivity index (χ0) is 18.6. The molecule has 4 nitrogen and oxygen atoms in total. The largest absolute Gasteiger partial charge is 0.376 e. The Morgan fingerprint density at radius 3 is 2.85 bits per heavy atom. The SMILES string of the molecule is CN(C[C@@H]1CCCCO1)C(=O)c1cccc(-c2ccc3ccccc3n2)c1. The Balaban J connectivity index is 1.54. The van der Waals surface area contributed by atoms with Crippen LogP contribution in [0, 0.1) is 0 Å². The summed E-state index contributed by atoms with van der Waals surface area (Å²) in [6.45, 7) is 1.44. The third-order valence-electron chi connectivity index (χ3n) is 5.10. The molecule has 0 aliphatic carbocycles. The smallest absolute Gasteiger partial charge is 0.253 e. The van der Waals surface area contributed by atoms with Gasteiger partial charge in [0, 0.05) is 36.7 Å². The standard InChI is InChI=1S/C23H24N2O2/c1-25(16-20-10-4-5-14-27-20)23(26)19-9-6-8-18(15-19)22-13-12-17-7-2-3-11-21(17)24-22/h2-3,6-9,11-13,15,20H,4-5,10,14,16H2,1H3/t20-/m0/s1. The average molecular weight is 360 g/mol. The third-order valence-corrected chi connectivity index (χ3v) is 5.10. The highest BCUT2D eigenvalue weighted by molar-refractivity contribution is 5.95. The number of rotatable bonds is 4. The summed E-state index contributed by atoms with van der Waals surface area (Å²) in [6, 6.07) is 19.8. The molecule has 4 heteroatoms. The lowest BCUT2D eigenvalue weighted by Gasteiger charge is -2.27. The minimum atomic E-state index is 0.0202. The lowest BCUT2D eigenvalue weighted by Crippen LogP contribution is -2.37. The molecular formula is C23H24N2O2. The quantitative estimate of drug-likeness (QED) is 0.686. The molecule has 2 aromatic carbocycles. The predicted molar refractivity (Wildman–Crippen MR) is 108 cm³/mol. The molecule has 1 amide bonds. The number of pyridine rings is 1. The van der Waals surface area contributed by atoms with Crippen molar-refractivity contribution in [1.82, 2.24) is 9.88 Å². The van der Waals surface area contributed by atoms with E-state index in [1.165, 1.54) is 6.42 Å². The van der Waals surface area contributed by atoms with Gasteiger partial charge in [-0.25, -0.2) is 4.98 Å². The van der Waals surface area contributed by atoms with Crippen LogP contribution in [0.3, 0.4) is 0 Å². The van der Waals surface area contributed by atoms with Crippen LogP contribution in [-0.4, -0.2) is 42.1 Å². The van der Waals surface area contributed by atoms with Crippen LogP contribution < -0.4 is 0 Å². The molecule has 1 aliphatic rings. The summed E-state index contributed by atoms with van der Waals surface area (Å²) < 4.78 is 5.76. The Morgan fingerprint density at radius 1 is 1.11 bits per heavy atom. The summed E-state index contributed by atoms with van der Waals surface area (Å²) in [5.41, 5.74) is 3.47. The lowest BCUT2D eigenvalue weighted by molar-refractivity contribution is -0.000186. The first-order valence-corrected chi connectivity index (χ1v) is 9.54. The second-order valence-electron chi connectivity index (χ2n) is 7.14. The van der Waals surface area contributed by atoms with Crippen LogP contribution in [0.5, 0.6) is 0 Å². The molecule has 0 bridgehead atoms. The minimum Gasteiger partial charge on any atom is -0.376 e. The van der Waals surface area contributed by atoms with Gasteiger partial charge >= 0.3 is 0 Å². The van der Waals surface area contributed by atoms with Gasteiger partial charge in [-0.05, 0) is 43.5 Å². The first kappa shape index (κ1) is 17.7. The van der Waals surface area contributed by atoms with Crippen molar-refractivity contribution in [3.8, 4) is 11.3 Å². The number of benzene rings is 2. The van der Waals surface area contributed by atoms with E-state index in [4.69, 9.17) is 9.72 Å². The minimum absolute atomic E-state index is 0.0202. The zero-order valence-corrected chi connectivity index (χ0v) is 15.6. The Morgan fingerprint density at radius 2 is 2.00 bits per heavy atom. The maximum atomic E-state index is 12.9. The summed E-state index contributed by atoms with van der Waals surface area (Å²) >= 11 is 0. The number of aromatic nitrogens is 1. The molecule has 1 fully saturated rings. The first-order valence-electron chi connectivity index (χ1n) is 9.54. The Labute approximate surface area is 159 Å². The molecule has 1 aliphatic heterocycles. The molecule has 3 aromatic rings. The molecule has 138 valence electrons. The summed E-state index contributed by atoms with van der Waals surface area (Å²) in [6.07, 6.45) is 3.47. The van der Waals surface area contributed by atoms with Crippen LogP contribution in [0.2, 0.25) is 0 Å². The van der Waals surface area contributed by atoms with E-state index in [0.717, 1.165) is 41.6 Å². The van der Waals surface area contributed by atoms with Gasteiger partial charge in [-0.1, -0.05) is 36.4 Å². The third kappa shape index (κ3) is 4.01. The summed E-state index contributed by atoms with van der Waals surface area (Å²) in [4.78, 5) is 19.4. The summed E-state index contributed by atoms with van der Waals surface area (Å²) in [7, 11) is 1.85. The van der Waals surface area contributed by atoms with E-state index in [-0.39, 0.29) is 12.0 Å². The molecule has 1 aromatic heterocycles. The highest BCUT2D eigenvalue weighted by atomic mass is 16.5. The second-order valence-corrected chi connectivity index (χ2v) is 7.14. The fourth-order valence-electron chi connectivity index (χ4n) is 3.60. The molecule has 0 N–H and O–H groups in total. The normalized spacial score (nSPS) is 17.0. The van der Waals surface area contributed by atoms with Crippen LogP contribution in [0.25, 0.3) is 22.2 Å². The first-order chi connectivity index (χ1) is 13.2. The predicted octanol–water partition coefficient (Wildman–Crippen LogP) is 4.54. The summed E-state index contributed by atoms with van der Waals surface area (Å²) in [5, 5.41) is 1.11. The van der Waals surface area contributed by atoms with Crippen molar-refractivity contribution in [3.05, 3.63) is 66.2 Å². The van der Waals surface area contributed by atoms with Crippen LogP contribution in [0.1, 0.15) is 29.6 Å². The monoisotopic (exact) mass is 360 g/mol. The lowest BCUT2D eigenvalue weighted by atomic mass is 10.0. The second kappa shape index (κ2) is 7.89. The Bertz CT molecular complexity index is 948. The van der Waals surface area contributed by atoms with Crippen molar-refractivity contribution in [1.29, 1.82) is 0 Å². The van der Waals surface area contributed by atoms with Gasteiger partial charge in [0.1, 0.15) is 0 Å². The Kier molecular flexibility index (Phi) is 5.16. The van der Waals surface area contributed by atoms with E-state index in [1.54, 1.807) is 4.90 Å². The molecular weight excluding hydrogens is 336 g/mol. The highest BCUT2D eigenvalue weighted by Gasteiger charge is 2.20. The van der Waals surface area contributed by atoms with Gasteiger partial charge in [0.2, 0.25) is 0 Å². The van der Waals surface area contributed by atoms with Gasteiger partial charge in [0.25, 0.3) is 5.91 Å². The van der Waals surface area contributed by atoms with Gasteiger partial charge in [-0.2, -0.15) is 0 Å². The number of fused-ring (bicyclic) bond motifs is 1. The topological polar surface area (TPSA) is 42.4 Å². The maximum Gasteiger partial charge on any atom is 0.253 e. The van der Waals surface area contributed by atoms with Crippen molar-refractivity contribution in [3.63, 3.8) is 0 Å².